The van der Waals surface area contributed by atoms with Gasteiger partial charge in [0.2, 0.25) is 0 Å². The summed E-state index contributed by atoms with van der Waals surface area (Å²) in [6, 6.07) is 11.7. The molecule has 2 aromatic heterocycles. The third-order valence-electron chi connectivity index (χ3n) is 4.98. The number of aromatic amines is 1. The van der Waals surface area contributed by atoms with Crippen LogP contribution in [0.5, 0.6) is 0 Å². The number of fused-ring (bicyclic) bond motifs is 4. The lowest BCUT2D eigenvalue weighted by atomic mass is 10.1. The van der Waals surface area contributed by atoms with Gasteiger partial charge in [0.25, 0.3) is 0 Å². The number of rotatable bonds is 4. The van der Waals surface area contributed by atoms with Crippen LogP contribution in [-0.2, 0) is 11.8 Å². The molecule has 28 heavy (non-hydrogen) atoms. The summed E-state index contributed by atoms with van der Waals surface area (Å²) in [5.74, 6) is -0.356. The molecule has 6 nitrogen and oxygen atoms in total. The lowest BCUT2D eigenvalue weighted by molar-refractivity contribution is 0.0601. The Hall–Kier alpha value is -2.64. The maximum Gasteiger partial charge on any atom is 0.337 e. The van der Waals surface area contributed by atoms with Crippen molar-refractivity contribution in [2.24, 2.45) is 17.8 Å². The first kappa shape index (κ1) is 18.7. The maximum absolute atomic E-state index is 12.1. The van der Waals surface area contributed by atoms with E-state index >= 15 is 0 Å². The molecule has 0 bridgehead atoms. The molecule has 0 aliphatic rings. The van der Waals surface area contributed by atoms with Gasteiger partial charge in [-0.1, -0.05) is 15.9 Å². The summed E-state index contributed by atoms with van der Waals surface area (Å²) in [5, 5.41) is 3.89. The number of ether oxygens (including phenoxy) is 1. The fourth-order valence-electron chi connectivity index (χ4n) is 3.61. The van der Waals surface area contributed by atoms with E-state index in [-0.39, 0.29) is 5.97 Å². The van der Waals surface area contributed by atoms with Crippen LogP contribution >= 0.6 is 15.9 Å². The average Bonchev–Trinajstić information content (AvgIpc) is 3.08. The molecule has 0 aliphatic carbocycles. The molecular formula is C21H21BrN4O2. The van der Waals surface area contributed by atoms with Crippen LogP contribution < -0.4 is 11.1 Å². The van der Waals surface area contributed by atoms with Crippen LogP contribution in [0.3, 0.4) is 0 Å². The molecule has 3 N–H and O–H groups in total. The standard InChI is InChI=1S/C21H21BrN4O2/c1-26-17-7-5-13(22)11-15(17)19(24-9-3-8-23)18-14-10-12(21(27)28-2)4-6-16(14)25-20(18)26/h4-7,10-11,25H,3,8-9,23H2,1-2H3. The summed E-state index contributed by atoms with van der Waals surface area (Å²) in [6.45, 7) is 1.24. The molecule has 0 radical (unpaired) electrons. The first-order valence-electron chi connectivity index (χ1n) is 9.07. The zero-order chi connectivity index (χ0) is 19.8. The Morgan fingerprint density at radius 3 is 2.82 bits per heavy atom. The third-order valence-corrected chi connectivity index (χ3v) is 5.47. The van der Waals surface area contributed by atoms with Crippen molar-refractivity contribution >= 4 is 54.7 Å². The lowest BCUT2D eigenvalue weighted by Crippen LogP contribution is -2.12. The van der Waals surface area contributed by atoms with Crippen LogP contribution in [-0.4, -0.2) is 35.7 Å². The van der Waals surface area contributed by atoms with Gasteiger partial charge < -0.3 is 20.0 Å². The second kappa shape index (κ2) is 7.41. The molecule has 0 saturated heterocycles. The second-order valence-electron chi connectivity index (χ2n) is 6.69. The number of esters is 1. The number of nitrogens with one attached hydrogen (secondary N) is 1. The van der Waals surface area contributed by atoms with Gasteiger partial charge in [-0.2, -0.15) is 0 Å². The van der Waals surface area contributed by atoms with Crippen molar-refractivity contribution in [3.8, 4) is 0 Å². The molecule has 7 heteroatoms. The van der Waals surface area contributed by atoms with Crippen LogP contribution in [0.15, 0.2) is 45.9 Å². The molecule has 144 valence electrons. The Morgan fingerprint density at radius 1 is 1.25 bits per heavy atom. The molecule has 0 fully saturated rings. The molecule has 0 spiro atoms. The Kier molecular flexibility index (Phi) is 4.95. The number of hydrogen-bond acceptors (Lipinski definition) is 4. The molecular weight excluding hydrogens is 420 g/mol. The number of aromatic nitrogens is 2. The van der Waals surface area contributed by atoms with Crippen molar-refractivity contribution in [1.82, 2.24) is 9.55 Å². The van der Waals surface area contributed by atoms with Crippen LogP contribution in [0.1, 0.15) is 16.8 Å². The minimum absolute atomic E-state index is 0.356. The summed E-state index contributed by atoms with van der Waals surface area (Å²) in [7, 11) is 3.42. The Morgan fingerprint density at radius 2 is 2.07 bits per heavy atom. The Labute approximate surface area is 170 Å². The van der Waals surface area contributed by atoms with Gasteiger partial charge in [-0.3, -0.25) is 4.99 Å². The summed E-state index contributed by atoms with van der Waals surface area (Å²) in [5.41, 5.74) is 9.17. The number of aryl methyl sites for hydroxylation is 1. The number of pyridine rings is 1. The predicted molar refractivity (Wildman–Crippen MR) is 115 cm³/mol. The second-order valence-corrected chi connectivity index (χ2v) is 7.61. The summed E-state index contributed by atoms with van der Waals surface area (Å²) in [4.78, 5) is 20.4. The fourth-order valence-corrected chi connectivity index (χ4v) is 3.97. The summed E-state index contributed by atoms with van der Waals surface area (Å²) in [6.07, 6.45) is 0.813. The van der Waals surface area contributed by atoms with Crippen molar-refractivity contribution < 1.29 is 9.53 Å². The van der Waals surface area contributed by atoms with E-state index in [9.17, 15) is 4.79 Å². The molecule has 2 aromatic carbocycles. The number of nitrogens with zero attached hydrogens (tertiary/aromatic N) is 2. The fraction of sp³-hybridized carbons (Fsp3) is 0.238. The van der Waals surface area contributed by atoms with Crippen molar-refractivity contribution in [3.63, 3.8) is 0 Å². The largest absolute Gasteiger partial charge is 0.465 e. The number of H-pyrrole nitrogens is 1. The molecule has 0 aliphatic heterocycles. The maximum atomic E-state index is 12.1. The predicted octanol–water partition coefficient (Wildman–Crippen LogP) is 3.61. The van der Waals surface area contributed by atoms with Crippen molar-refractivity contribution in [3.05, 3.63) is 51.8 Å². The topological polar surface area (TPSA) is 85.4 Å². The van der Waals surface area contributed by atoms with Gasteiger partial charge in [0, 0.05) is 34.4 Å². The molecule has 0 unspecified atom stereocenters. The SMILES string of the molecule is COC(=O)c1ccc2[nH]c3c(c(=NCCCN)c4cc(Br)ccc4n3C)c2c1. The van der Waals surface area contributed by atoms with E-state index < -0.39 is 0 Å². The van der Waals surface area contributed by atoms with Gasteiger partial charge in [-0.25, -0.2) is 4.79 Å². The van der Waals surface area contributed by atoms with Gasteiger partial charge >= 0.3 is 5.97 Å². The number of carbonyl (C=O) groups excluding carboxylic acids is 1. The highest BCUT2D eigenvalue weighted by molar-refractivity contribution is 9.10. The quantitative estimate of drug-likeness (QED) is 0.375. The van der Waals surface area contributed by atoms with Gasteiger partial charge in [-0.05, 0) is 49.4 Å². The van der Waals surface area contributed by atoms with E-state index in [0.29, 0.717) is 18.7 Å². The third kappa shape index (κ3) is 3.00. The molecule has 2 heterocycles. The van der Waals surface area contributed by atoms with E-state index in [2.05, 4.69) is 37.6 Å². The molecule has 0 saturated carbocycles. The Balaban J connectivity index is 2.19. The minimum atomic E-state index is -0.356. The number of methoxy groups -OCH3 is 1. The van der Waals surface area contributed by atoms with Gasteiger partial charge in [0.1, 0.15) is 5.65 Å². The average molecular weight is 441 g/mol. The summed E-state index contributed by atoms with van der Waals surface area (Å²) >= 11 is 3.58. The first-order valence-corrected chi connectivity index (χ1v) is 9.87. The number of nitrogens with two attached hydrogens (primary N) is 1. The van der Waals surface area contributed by atoms with Crippen molar-refractivity contribution in [2.45, 2.75) is 6.42 Å². The van der Waals surface area contributed by atoms with Gasteiger partial charge in [0.15, 0.2) is 0 Å². The van der Waals surface area contributed by atoms with Crippen molar-refractivity contribution in [1.29, 1.82) is 0 Å². The first-order chi connectivity index (χ1) is 13.5. The van der Waals surface area contributed by atoms with Crippen molar-refractivity contribution in [2.75, 3.05) is 20.2 Å². The van der Waals surface area contributed by atoms with E-state index in [1.165, 1.54) is 7.11 Å². The highest BCUT2D eigenvalue weighted by atomic mass is 79.9. The minimum Gasteiger partial charge on any atom is -0.465 e. The highest BCUT2D eigenvalue weighted by Gasteiger charge is 2.15. The van der Waals surface area contributed by atoms with Crippen LogP contribution in [0.4, 0.5) is 0 Å². The smallest absolute Gasteiger partial charge is 0.337 e. The normalized spacial score (nSPS) is 12.4. The number of hydrogen-bond donors (Lipinski definition) is 2. The zero-order valence-electron chi connectivity index (χ0n) is 15.8. The molecule has 0 atom stereocenters. The monoisotopic (exact) mass is 440 g/mol. The van der Waals surface area contributed by atoms with E-state index in [4.69, 9.17) is 15.5 Å². The van der Waals surface area contributed by atoms with E-state index in [1.54, 1.807) is 6.07 Å². The number of carbonyl (C=O) groups is 1. The van der Waals surface area contributed by atoms with Crippen LogP contribution in [0, 0.1) is 0 Å². The van der Waals surface area contributed by atoms with E-state index in [1.807, 2.05) is 25.2 Å². The van der Waals surface area contributed by atoms with Crippen LogP contribution in [0.25, 0.3) is 32.8 Å². The van der Waals surface area contributed by atoms with Crippen LogP contribution in [0.2, 0.25) is 0 Å². The Bertz CT molecular complexity index is 1290. The lowest BCUT2D eigenvalue weighted by Gasteiger charge is -2.10. The highest BCUT2D eigenvalue weighted by Crippen LogP contribution is 2.28. The zero-order valence-corrected chi connectivity index (χ0v) is 17.3. The molecule has 4 rings (SSSR count). The number of benzene rings is 2. The molecule has 0 amide bonds. The number of halogens is 1. The van der Waals surface area contributed by atoms with E-state index in [0.717, 1.165) is 49.1 Å². The summed E-state index contributed by atoms with van der Waals surface area (Å²) < 4.78 is 8.01. The molecule has 4 aromatic rings. The van der Waals surface area contributed by atoms with Gasteiger partial charge in [-0.15, -0.1) is 0 Å². The van der Waals surface area contributed by atoms with Gasteiger partial charge in [0.05, 0.1) is 28.9 Å².